The maximum atomic E-state index is 13.0. The van der Waals surface area contributed by atoms with E-state index in [0.717, 1.165) is 48.3 Å². The molecule has 7 nitrogen and oxygen atoms in total. The summed E-state index contributed by atoms with van der Waals surface area (Å²) in [6, 6.07) is 14.3. The molecular weight excluding hydrogens is 356 g/mol. The number of H-pyrrole nitrogens is 1. The van der Waals surface area contributed by atoms with Gasteiger partial charge in [-0.05, 0) is 25.1 Å². The van der Waals surface area contributed by atoms with Crippen LogP contribution in [0.3, 0.4) is 0 Å². The molecule has 0 unspecified atom stereocenters. The number of ketones is 1. The number of aromatic nitrogens is 1. The summed E-state index contributed by atoms with van der Waals surface area (Å²) in [5, 5.41) is 11.8. The predicted molar refractivity (Wildman–Crippen MR) is 109 cm³/mol. The fraction of sp³-hybridized carbons (Fsp3) is 0.286. The van der Waals surface area contributed by atoms with Crippen LogP contribution in [0.25, 0.3) is 10.9 Å². The molecule has 2 heterocycles. The van der Waals surface area contributed by atoms with E-state index in [1.807, 2.05) is 31.2 Å². The van der Waals surface area contributed by atoms with Crippen molar-refractivity contribution in [1.29, 1.82) is 0 Å². The Morgan fingerprint density at radius 1 is 1.07 bits per heavy atom. The lowest BCUT2D eigenvalue weighted by Gasteiger charge is -2.38. The molecule has 0 bridgehead atoms. The summed E-state index contributed by atoms with van der Waals surface area (Å²) < 4.78 is 0. The number of non-ortho nitro benzene ring substituents is 1. The Bertz CT molecular complexity index is 1000. The number of carbonyl (C=O) groups is 1. The highest BCUT2D eigenvalue weighted by Crippen LogP contribution is 2.23. The predicted octanol–water partition coefficient (Wildman–Crippen LogP) is 3.47. The first-order valence-corrected chi connectivity index (χ1v) is 9.38. The Morgan fingerprint density at radius 3 is 2.43 bits per heavy atom. The molecule has 4 rings (SSSR count). The molecule has 1 saturated heterocycles. The monoisotopic (exact) mass is 378 g/mol. The molecule has 28 heavy (non-hydrogen) atoms. The van der Waals surface area contributed by atoms with Crippen LogP contribution in [0, 0.1) is 10.1 Å². The molecule has 0 aliphatic carbocycles. The number of benzene rings is 2. The number of nitrogens with one attached hydrogen (secondary N) is 1. The number of nitrogens with zero attached hydrogens (tertiary/aromatic N) is 3. The summed E-state index contributed by atoms with van der Waals surface area (Å²) in [6.07, 6.45) is 1.80. The minimum absolute atomic E-state index is 0.0975. The zero-order chi connectivity index (χ0) is 19.7. The minimum Gasteiger partial charge on any atom is -0.369 e. The van der Waals surface area contributed by atoms with Crippen LogP contribution in [0.4, 0.5) is 11.4 Å². The van der Waals surface area contributed by atoms with E-state index in [0.29, 0.717) is 0 Å². The normalized spacial score (nSPS) is 16.2. The van der Waals surface area contributed by atoms with Crippen LogP contribution in [0.15, 0.2) is 54.7 Å². The van der Waals surface area contributed by atoms with Gasteiger partial charge in [0, 0.05) is 66.7 Å². The van der Waals surface area contributed by atoms with E-state index in [-0.39, 0.29) is 22.4 Å². The molecular formula is C21H22N4O3. The van der Waals surface area contributed by atoms with Crippen LogP contribution in [-0.4, -0.2) is 52.8 Å². The highest BCUT2D eigenvalue weighted by atomic mass is 16.6. The molecule has 1 N–H and O–H groups in total. The second-order valence-electron chi connectivity index (χ2n) is 7.08. The van der Waals surface area contributed by atoms with E-state index >= 15 is 0 Å². The van der Waals surface area contributed by atoms with Crippen molar-refractivity contribution in [3.63, 3.8) is 0 Å². The number of nitro benzene ring substituents is 1. The first kappa shape index (κ1) is 18.2. The third-order valence-corrected chi connectivity index (χ3v) is 5.52. The average molecular weight is 378 g/mol. The topological polar surface area (TPSA) is 82.5 Å². The highest BCUT2D eigenvalue weighted by molar-refractivity contribution is 6.10. The number of nitro groups is 1. The lowest BCUT2D eigenvalue weighted by atomic mass is 10.0. The third kappa shape index (κ3) is 3.36. The van der Waals surface area contributed by atoms with Gasteiger partial charge in [0.05, 0.1) is 11.0 Å². The number of piperazine rings is 1. The molecule has 0 spiro atoms. The fourth-order valence-electron chi connectivity index (χ4n) is 3.82. The van der Waals surface area contributed by atoms with Gasteiger partial charge in [-0.15, -0.1) is 0 Å². The van der Waals surface area contributed by atoms with Gasteiger partial charge in [0.15, 0.2) is 5.78 Å². The van der Waals surface area contributed by atoms with Crippen molar-refractivity contribution in [1.82, 2.24) is 9.88 Å². The van der Waals surface area contributed by atoms with Crippen LogP contribution in [0.1, 0.15) is 17.3 Å². The smallest absolute Gasteiger partial charge is 0.269 e. The van der Waals surface area contributed by atoms with Gasteiger partial charge in [-0.3, -0.25) is 19.8 Å². The average Bonchev–Trinajstić information content (AvgIpc) is 3.17. The number of aromatic amines is 1. The number of hydrogen-bond acceptors (Lipinski definition) is 5. The Labute approximate surface area is 162 Å². The van der Waals surface area contributed by atoms with Crippen LogP contribution in [0.2, 0.25) is 0 Å². The second-order valence-corrected chi connectivity index (χ2v) is 7.08. The van der Waals surface area contributed by atoms with E-state index < -0.39 is 0 Å². The van der Waals surface area contributed by atoms with Crippen molar-refractivity contribution in [2.75, 3.05) is 31.1 Å². The third-order valence-electron chi connectivity index (χ3n) is 5.52. The number of para-hydroxylation sites is 1. The molecule has 1 aliphatic rings. The van der Waals surface area contributed by atoms with Crippen LogP contribution < -0.4 is 4.90 Å². The van der Waals surface area contributed by atoms with Gasteiger partial charge in [0.2, 0.25) is 0 Å². The standard InChI is InChI=1S/C21H22N4O3/c1-15(21(26)19-14-22-20-5-3-2-4-18(19)20)23-10-12-24(13-11-23)16-6-8-17(9-7-16)25(27)28/h2-9,14-15,22H,10-13H2,1H3/t15-/m0/s1. The first-order chi connectivity index (χ1) is 13.5. The van der Waals surface area contributed by atoms with Crippen molar-refractivity contribution in [3.05, 3.63) is 70.4 Å². The zero-order valence-electron chi connectivity index (χ0n) is 15.7. The number of Topliss-reactive ketones (excluding diaryl/α,β-unsaturated/α-hetero) is 1. The molecule has 1 atom stereocenters. The quantitative estimate of drug-likeness (QED) is 0.418. The molecule has 0 radical (unpaired) electrons. The summed E-state index contributed by atoms with van der Waals surface area (Å²) in [7, 11) is 0. The summed E-state index contributed by atoms with van der Waals surface area (Å²) in [5.74, 6) is 0.126. The van der Waals surface area contributed by atoms with Crippen molar-refractivity contribution in [2.45, 2.75) is 13.0 Å². The van der Waals surface area contributed by atoms with Crippen molar-refractivity contribution in [3.8, 4) is 0 Å². The second kappa shape index (κ2) is 7.44. The SMILES string of the molecule is C[C@@H](C(=O)c1c[nH]c2ccccc12)N1CCN(c2ccc([N+](=O)[O-])cc2)CC1. The maximum Gasteiger partial charge on any atom is 0.269 e. The van der Waals surface area contributed by atoms with Gasteiger partial charge in [-0.1, -0.05) is 18.2 Å². The maximum absolute atomic E-state index is 13.0. The highest BCUT2D eigenvalue weighted by Gasteiger charge is 2.27. The van der Waals surface area contributed by atoms with Gasteiger partial charge in [-0.25, -0.2) is 0 Å². The Balaban J connectivity index is 1.41. The number of hydrogen-bond donors (Lipinski definition) is 1. The van der Waals surface area contributed by atoms with Crippen molar-refractivity contribution >= 4 is 28.1 Å². The summed E-state index contributed by atoms with van der Waals surface area (Å²) in [5.41, 5.74) is 2.78. The fourth-order valence-corrected chi connectivity index (χ4v) is 3.82. The number of fused-ring (bicyclic) bond motifs is 1. The zero-order valence-corrected chi connectivity index (χ0v) is 15.7. The summed E-state index contributed by atoms with van der Waals surface area (Å²) in [6.45, 7) is 5.07. The van der Waals surface area contributed by atoms with E-state index in [9.17, 15) is 14.9 Å². The van der Waals surface area contributed by atoms with E-state index in [4.69, 9.17) is 0 Å². The van der Waals surface area contributed by atoms with Gasteiger partial charge in [0.1, 0.15) is 0 Å². The lowest BCUT2D eigenvalue weighted by Crippen LogP contribution is -2.51. The van der Waals surface area contributed by atoms with E-state index in [2.05, 4.69) is 14.8 Å². The molecule has 1 aliphatic heterocycles. The minimum atomic E-state index is -0.389. The van der Waals surface area contributed by atoms with Gasteiger partial charge in [-0.2, -0.15) is 0 Å². The number of rotatable bonds is 5. The van der Waals surface area contributed by atoms with Crippen LogP contribution in [0.5, 0.6) is 0 Å². The van der Waals surface area contributed by atoms with Crippen LogP contribution >= 0.6 is 0 Å². The molecule has 0 saturated carbocycles. The van der Waals surface area contributed by atoms with Gasteiger partial charge >= 0.3 is 0 Å². The Morgan fingerprint density at radius 2 is 1.75 bits per heavy atom. The number of anilines is 1. The molecule has 3 aromatic rings. The first-order valence-electron chi connectivity index (χ1n) is 9.38. The van der Waals surface area contributed by atoms with Crippen molar-refractivity contribution in [2.24, 2.45) is 0 Å². The van der Waals surface area contributed by atoms with Crippen LogP contribution in [-0.2, 0) is 0 Å². The summed E-state index contributed by atoms with van der Waals surface area (Å²) in [4.78, 5) is 31.0. The molecule has 144 valence electrons. The van der Waals surface area contributed by atoms with Crippen molar-refractivity contribution < 1.29 is 9.72 Å². The molecule has 0 amide bonds. The Kier molecular flexibility index (Phi) is 4.83. The van der Waals surface area contributed by atoms with Gasteiger partial charge < -0.3 is 9.88 Å². The van der Waals surface area contributed by atoms with E-state index in [1.165, 1.54) is 12.1 Å². The molecule has 7 heteroatoms. The van der Waals surface area contributed by atoms with E-state index in [1.54, 1.807) is 18.3 Å². The number of carbonyl (C=O) groups excluding carboxylic acids is 1. The van der Waals surface area contributed by atoms with Gasteiger partial charge in [0.25, 0.3) is 5.69 Å². The molecule has 2 aromatic carbocycles. The Hall–Kier alpha value is -3.19. The largest absolute Gasteiger partial charge is 0.369 e. The molecule has 1 fully saturated rings. The lowest BCUT2D eigenvalue weighted by molar-refractivity contribution is -0.384. The molecule has 1 aromatic heterocycles. The summed E-state index contributed by atoms with van der Waals surface area (Å²) >= 11 is 0.